The first-order valence-electron chi connectivity index (χ1n) is 11.1. The fourth-order valence-corrected chi connectivity index (χ4v) is 4.52. The monoisotopic (exact) mass is 404 g/mol. The predicted molar refractivity (Wildman–Crippen MR) is 124 cm³/mol. The molecular formula is C25H32N4O. The van der Waals surface area contributed by atoms with Gasteiger partial charge in [-0.15, -0.1) is 0 Å². The second kappa shape index (κ2) is 9.81. The zero-order valence-corrected chi connectivity index (χ0v) is 17.8. The summed E-state index contributed by atoms with van der Waals surface area (Å²) in [6, 6.07) is 16.9. The fraction of sp³-hybridized carbons (Fsp3) is 0.400. The Morgan fingerprint density at radius 1 is 1.03 bits per heavy atom. The quantitative estimate of drug-likeness (QED) is 0.501. The summed E-state index contributed by atoms with van der Waals surface area (Å²) in [5.74, 6) is 0. The van der Waals surface area contributed by atoms with Gasteiger partial charge >= 0.3 is 6.03 Å². The number of anilines is 1. The van der Waals surface area contributed by atoms with Crippen LogP contribution in [-0.4, -0.2) is 35.5 Å². The number of fused-ring (bicyclic) bond motifs is 1. The van der Waals surface area contributed by atoms with Gasteiger partial charge in [0.2, 0.25) is 0 Å². The predicted octanol–water partition coefficient (Wildman–Crippen LogP) is 5.30. The minimum atomic E-state index is -0.150. The van der Waals surface area contributed by atoms with Crippen LogP contribution in [0.1, 0.15) is 43.2 Å². The van der Waals surface area contributed by atoms with E-state index in [0.717, 1.165) is 29.7 Å². The number of hydrogen-bond donors (Lipinski definition) is 3. The van der Waals surface area contributed by atoms with Gasteiger partial charge in [-0.3, -0.25) is 4.90 Å². The molecule has 1 aliphatic carbocycles. The summed E-state index contributed by atoms with van der Waals surface area (Å²) in [6.07, 6.45) is 9.40. The first-order valence-corrected chi connectivity index (χ1v) is 11.1. The summed E-state index contributed by atoms with van der Waals surface area (Å²) in [7, 11) is 2.20. The molecule has 0 saturated heterocycles. The van der Waals surface area contributed by atoms with E-state index in [1.807, 2.05) is 36.5 Å². The molecule has 3 N–H and O–H groups in total. The average molecular weight is 405 g/mol. The van der Waals surface area contributed by atoms with Crippen LogP contribution >= 0.6 is 0 Å². The lowest BCUT2D eigenvalue weighted by Crippen LogP contribution is -2.34. The number of amides is 2. The van der Waals surface area contributed by atoms with Crippen LogP contribution in [0, 0.1) is 0 Å². The molecule has 0 spiro atoms. The molecule has 0 bridgehead atoms. The molecule has 3 aromatic rings. The van der Waals surface area contributed by atoms with Crippen molar-refractivity contribution in [2.45, 2.75) is 51.1 Å². The Morgan fingerprint density at radius 3 is 2.67 bits per heavy atom. The standard InChI is InChI=1S/C25H32N4O/c1-29(21-10-3-2-4-11-21)18-20-9-5-7-13-23(20)28-25(30)26-16-15-19-17-27-24-14-8-6-12-22(19)24/h5-9,12-14,17,21,27H,2-4,10-11,15-16,18H2,1H3,(H2,26,28,30). The Bertz CT molecular complexity index is 974. The van der Waals surface area contributed by atoms with Gasteiger partial charge in [0.15, 0.2) is 0 Å². The number of carbonyl (C=O) groups excluding carboxylic acids is 1. The average Bonchev–Trinajstić information content (AvgIpc) is 3.19. The topological polar surface area (TPSA) is 60.2 Å². The maximum Gasteiger partial charge on any atom is 0.319 e. The zero-order chi connectivity index (χ0) is 20.8. The van der Waals surface area contributed by atoms with Crippen molar-refractivity contribution in [1.82, 2.24) is 15.2 Å². The van der Waals surface area contributed by atoms with E-state index in [-0.39, 0.29) is 6.03 Å². The van der Waals surface area contributed by atoms with E-state index in [4.69, 9.17) is 0 Å². The number of aromatic amines is 1. The largest absolute Gasteiger partial charge is 0.361 e. The van der Waals surface area contributed by atoms with Crippen LogP contribution in [0.15, 0.2) is 54.7 Å². The first-order chi connectivity index (χ1) is 14.7. The smallest absolute Gasteiger partial charge is 0.319 e. The van der Waals surface area contributed by atoms with Crippen molar-refractivity contribution in [3.05, 3.63) is 65.9 Å². The first kappa shape index (κ1) is 20.5. The minimum absolute atomic E-state index is 0.150. The second-order valence-corrected chi connectivity index (χ2v) is 8.35. The van der Waals surface area contributed by atoms with Gasteiger partial charge in [-0.05, 0) is 49.6 Å². The molecule has 4 rings (SSSR count). The molecule has 158 valence electrons. The van der Waals surface area contributed by atoms with E-state index >= 15 is 0 Å². The van der Waals surface area contributed by atoms with Gasteiger partial charge in [-0.1, -0.05) is 55.7 Å². The molecule has 1 aromatic heterocycles. The summed E-state index contributed by atoms with van der Waals surface area (Å²) in [5, 5.41) is 7.27. The summed E-state index contributed by atoms with van der Waals surface area (Å²) in [5.41, 5.74) is 4.41. The number of benzene rings is 2. The molecule has 1 saturated carbocycles. The van der Waals surface area contributed by atoms with Crippen LogP contribution in [0.2, 0.25) is 0 Å². The Kier molecular flexibility index (Phi) is 6.70. The number of nitrogens with zero attached hydrogens (tertiary/aromatic N) is 1. The highest BCUT2D eigenvalue weighted by Crippen LogP contribution is 2.25. The van der Waals surface area contributed by atoms with E-state index in [1.54, 1.807) is 0 Å². The maximum atomic E-state index is 12.5. The normalized spacial score (nSPS) is 14.9. The van der Waals surface area contributed by atoms with E-state index in [9.17, 15) is 4.79 Å². The number of H-pyrrole nitrogens is 1. The zero-order valence-electron chi connectivity index (χ0n) is 17.8. The van der Waals surface area contributed by atoms with E-state index in [0.29, 0.717) is 12.6 Å². The van der Waals surface area contributed by atoms with Crippen LogP contribution in [-0.2, 0) is 13.0 Å². The lowest BCUT2D eigenvalue weighted by atomic mass is 9.94. The molecule has 2 amide bonds. The fourth-order valence-electron chi connectivity index (χ4n) is 4.52. The summed E-state index contributed by atoms with van der Waals surface area (Å²) in [6.45, 7) is 1.45. The van der Waals surface area contributed by atoms with Gasteiger partial charge in [0.05, 0.1) is 0 Å². The number of aromatic nitrogens is 1. The highest BCUT2D eigenvalue weighted by Gasteiger charge is 2.19. The lowest BCUT2D eigenvalue weighted by molar-refractivity contribution is 0.185. The van der Waals surface area contributed by atoms with Gasteiger partial charge in [0, 0.05) is 41.9 Å². The van der Waals surface area contributed by atoms with Crippen molar-refractivity contribution in [3.63, 3.8) is 0 Å². The van der Waals surface area contributed by atoms with Gasteiger partial charge in [0.25, 0.3) is 0 Å². The number of para-hydroxylation sites is 2. The highest BCUT2D eigenvalue weighted by atomic mass is 16.2. The van der Waals surface area contributed by atoms with Gasteiger partial charge in [-0.2, -0.15) is 0 Å². The van der Waals surface area contributed by atoms with Crippen molar-refractivity contribution in [3.8, 4) is 0 Å². The summed E-state index contributed by atoms with van der Waals surface area (Å²) in [4.78, 5) is 18.2. The van der Waals surface area contributed by atoms with Gasteiger partial charge in [0.1, 0.15) is 0 Å². The Labute approximate surface area is 178 Å². The second-order valence-electron chi connectivity index (χ2n) is 8.35. The number of nitrogens with one attached hydrogen (secondary N) is 3. The molecule has 1 fully saturated rings. The maximum absolute atomic E-state index is 12.5. The van der Waals surface area contributed by atoms with Gasteiger partial charge < -0.3 is 15.6 Å². The van der Waals surface area contributed by atoms with Gasteiger partial charge in [-0.25, -0.2) is 4.79 Å². The summed E-state index contributed by atoms with van der Waals surface area (Å²) >= 11 is 0. The number of rotatable bonds is 7. The van der Waals surface area contributed by atoms with E-state index in [1.165, 1.54) is 43.1 Å². The third kappa shape index (κ3) is 5.03. The third-order valence-corrected chi connectivity index (χ3v) is 6.24. The van der Waals surface area contributed by atoms with Crippen molar-refractivity contribution >= 4 is 22.6 Å². The number of carbonyl (C=O) groups is 1. The van der Waals surface area contributed by atoms with Crippen molar-refractivity contribution in [1.29, 1.82) is 0 Å². The van der Waals surface area contributed by atoms with E-state index in [2.05, 4.69) is 45.8 Å². The SMILES string of the molecule is CN(Cc1ccccc1NC(=O)NCCc1c[nH]c2ccccc12)C1CCCCC1. The van der Waals surface area contributed by atoms with Crippen molar-refractivity contribution in [2.24, 2.45) is 0 Å². The number of urea groups is 1. The molecule has 5 nitrogen and oxygen atoms in total. The third-order valence-electron chi connectivity index (χ3n) is 6.24. The molecule has 0 radical (unpaired) electrons. The molecular weight excluding hydrogens is 372 g/mol. The number of hydrogen-bond acceptors (Lipinski definition) is 2. The van der Waals surface area contributed by atoms with Crippen molar-refractivity contribution < 1.29 is 4.79 Å². The molecule has 1 heterocycles. The van der Waals surface area contributed by atoms with Crippen LogP contribution in [0.5, 0.6) is 0 Å². The molecule has 0 unspecified atom stereocenters. The van der Waals surface area contributed by atoms with E-state index < -0.39 is 0 Å². The summed E-state index contributed by atoms with van der Waals surface area (Å²) < 4.78 is 0. The molecule has 2 aromatic carbocycles. The lowest BCUT2D eigenvalue weighted by Gasteiger charge is -2.31. The molecule has 0 aliphatic heterocycles. The molecule has 1 aliphatic rings. The van der Waals surface area contributed by atoms with Crippen molar-refractivity contribution in [2.75, 3.05) is 18.9 Å². The highest BCUT2D eigenvalue weighted by molar-refractivity contribution is 5.90. The van der Waals surface area contributed by atoms with Crippen LogP contribution < -0.4 is 10.6 Å². The van der Waals surface area contributed by atoms with Crippen LogP contribution in [0.3, 0.4) is 0 Å². The molecule has 0 atom stereocenters. The minimum Gasteiger partial charge on any atom is -0.361 e. The van der Waals surface area contributed by atoms with Crippen LogP contribution in [0.25, 0.3) is 10.9 Å². The molecule has 5 heteroatoms. The molecule has 30 heavy (non-hydrogen) atoms. The van der Waals surface area contributed by atoms with Crippen LogP contribution in [0.4, 0.5) is 10.5 Å². The Morgan fingerprint density at radius 2 is 1.80 bits per heavy atom. The Balaban J connectivity index is 1.31. The Hall–Kier alpha value is -2.79.